The number of nitrogens with zero attached hydrogens (tertiary/aromatic N) is 1. The molecule has 2 aromatic rings. The van der Waals surface area contributed by atoms with E-state index in [1.54, 1.807) is 13.0 Å². The fourth-order valence-corrected chi connectivity index (χ4v) is 3.34. The Hall–Kier alpha value is -2.82. The first-order valence-electron chi connectivity index (χ1n) is 9.74. The van der Waals surface area contributed by atoms with Crippen LogP contribution in [0.1, 0.15) is 36.3 Å². The number of para-hydroxylation sites is 1. The highest BCUT2D eigenvalue weighted by Gasteiger charge is 2.16. The predicted molar refractivity (Wildman–Crippen MR) is 127 cm³/mol. The summed E-state index contributed by atoms with van der Waals surface area (Å²) >= 11 is 12.4. The van der Waals surface area contributed by atoms with Gasteiger partial charge in [-0.05, 0) is 43.7 Å². The monoisotopic (exact) mass is 441 g/mol. The van der Waals surface area contributed by atoms with Crippen molar-refractivity contribution in [3.63, 3.8) is 0 Å². The number of ketones is 1. The van der Waals surface area contributed by atoms with E-state index in [4.69, 9.17) is 23.2 Å². The highest BCUT2D eigenvalue weighted by molar-refractivity contribution is 6.40. The van der Waals surface area contributed by atoms with E-state index in [2.05, 4.69) is 15.6 Å². The Bertz CT molecular complexity index is 970. The lowest BCUT2D eigenvalue weighted by Gasteiger charge is -2.15. The van der Waals surface area contributed by atoms with Gasteiger partial charge in [-0.1, -0.05) is 73.5 Å². The first-order valence-corrected chi connectivity index (χ1v) is 10.5. The highest BCUT2D eigenvalue weighted by Crippen LogP contribution is 2.25. The number of nitrogens with one attached hydrogen (secondary N) is 2. The van der Waals surface area contributed by atoms with Crippen LogP contribution in [-0.4, -0.2) is 10.8 Å². The van der Waals surface area contributed by atoms with Gasteiger partial charge in [0, 0.05) is 23.2 Å². The molecule has 6 heteroatoms. The zero-order chi connectivity index (χ0) is 21.9. The van der Waals surface area contributed by atoms with Crippen molar-refractivity contribution in [1.29, 1.82) is 0 Å². The van der Waals surface area contributed by atoms with E-state index < -0.39 is 0 Å². The molecule has 1 aliphatic rings. The second-order valence-electron chi connectivity index (χ2n) is 6.14. The molecule has 0 radical (unpaired) electrons. The molecule has 1 aromatic heterocycles. The molecule has 0 amide bonds. The smallest absolute Gasteiger partial charge is 0.194 e. The minimum absolute atomic E-state index is 0.0850. The van der Waals surface area contributed by atoms with Crippen molar-refractivity contribution >= 4 is 34.7 Å². The van der Waals surface area contributed by atoms with Crippen molar-refractivity contribution in [3.8, 4) is 0 Å². The van der Waals surface area contributed by atoms with Crippen LogP contribution in [0.5, 0.6) is 0 Å². The van der Waals surface area contributed by atoms with Gasteiger partial charge in [-0.3, -0.25) is 4.79 Å². The molecule has 0 aliphatic heterocycles. The molecule has 0 saturated carbocycles. The van der Waals surface area contributed by atoms with Crippen molar-refractivity contribution in [2.45, 2.75) is 27.2 Å². The van der Waals surface area contributed by atoms with Crippen molar-refractivity contribution in [2.75, 3.05) is 5.32 Å². The molecule has 0 bridgehead atoms. The van der Waals surface area contributed by atoms with Crippen LogP contribution in [0.15, 0.2) is 84.4 Å². The Morgan fingerprint density at radius 1 is 1.10 bits per heavy atom. The number of carbonyl (C=O) groups is 1. The number of pyridine rings is 1. The average Bonchev–Trinajstić information content (AvgIpc) is 2.98. The number of allylic oxidation sites excluding steroid dienone is 6. The summed E-state index contributed by atoms with van der Waals surface area (Å²) in [7, 11) is 0. The van der Waals surface area contributed by atoms with Gasteiger partial charge in [-0.15, -0.1) is 0 Å². The zero-order valence-corrected chi connectivity index (χ0v) is 18.8. The van der Waals surface area contributed by atoms with Crippen LogP contribution in [-0.2, 0) is 0 Å². The number of halogens is 2. The number of carbonyl (C=O) groups excluding carboxylic acids is 1. The number of aromatic nitrogens is 1. The summed E-state index contributed by atoms with van der Waals surface area (Å²) < 4.78 is 0. The minimum atomic E-state index is -0.345. The van der Waals surface area contributed by atoms with Crippen LogP contribution in [0, 0.1) is 6.92 Å². The SMILES string of the molecule is CC.Cc1cc(Cl)c(C(=O)/C=C(/NC2=CC=CCC=C2)Nc2ccccc2)c(Cl)n1. The third-order valence-electron chi connectivity index (χ3n) is 3.89. The van der Waals surface area contributed by atoms with Crippen LogP contribution < -0.4 is 10.6 Å². The summed E-state index contributed by atoms with van der Waals surface area (Å²) in [5.41, 5.74) is 2.50. The number of hydrogen-bond acceptors (Lipinski definition) is 4. The van der Waals surface area contributed by atoms with Gasteiger partial charge in [0.1, 0.15) is 11.0 Å². The van der Waals surface area contributed by atoms with E-state index in [1.807, 2.05) is 74.6 Å². The molecular formula is C24H25Cl2N3O. The lowest BCUT2D eigenvalue weighted by Crippen LogP contribution is -2.20. The maximum absolute atomic E-state index is 12.9. The number of anilines is 1. The van der Waals surface area contributed by atoms with Crippen LogP contribution >= 0.6 is 23.2 Å². The average molecular weight is 442 g/mol. The largest absolute Gasteiger partial charge is 0.342 e. The van der Waals surface area contributed by atoms with Gasteiger partial charge in [-0.25, -0.2) is 4.98 Å². The molecule has 0 fully saturated rings. The molecule has 0 unspecified atom stereocenters. The van der Waals surface area contributed by atoms with Gasteiger partial charge >= 0.3 is 0 Å². The number of hydrogen-bond donors (Lipinski definition) is 2. The maximum atomic E-state index is 12.9. The van der Waals surface area contributed by atoms with Crippen molar-refractivity contribution in [3.05, 3.63) is 106 Å². The lowest BCUT2D eigenvalue weighted by molar-refractivity contribution is 0.104. The molecule has 1 aliphatic carbocycles. The number of rotatable bonds is 6. The van der Waals surface area contributed by atoms with Gasteiger partial charge < -0.3 is 10.6 Å². The quantitative estimate of drug-likeness (QED) is 0.292. The van der Waals surface area contributed by atoms with Crippen LogP contribution in [0.4, 0.5) is 5.69 Å². The third-order valence-corrected chi connectivity index (χ3v) is 4.46. The maximum Gasteiger partial charge on any atom is 0.194 e. The van der Waals surface area contributed by atoms with Crippen molar-refractivity contribution in [2.24, 2.45) is 0 Å². The summed E-state index contributed by atoms with van der Waals surface area (Å²) in [5, 5.41) is 6.82. The van der Waals surface area contributed by atoms with E-state index in [9.17, 15) is 4.79 Å². The summed E-state index contributed by atoms with van der Waals surface area (Å²) in [5.74, 6) is 0.150. The molecule has 0 atom stereocenters. The molecule has 30 heavy (non-hydrogen) atoms. The standard InChI is InChI=1S/C22H19Cl2N3O.C2H6/c1-15-13-18(23)21(22(24)25-15)19(28)14-20(27-17-11-7-4-8-12-17)26-16-9-5-2-3-6-10-16;1-2/h2,4-14,26-27H,3H2,1H3;1-2H3/b20-14-;. The summed E-state index contributed by atoms with van der Waals surface area (Å²) in [6, 6.07) is 11.2. The first-order chi connectivity index (χ1) is 14.5. The Labute approximate surface area is 188 Å². The van der Waals surface area contributed by atoms with Crippen LogP contribution in [0.3, 0.4) is 0 Å². The topological polar surface area (TPSA) is 54.0 Å². The Morgan fingerprint density at radius 3 is 2.53 bits per heavy atom. The second-order valence-corrected chi connectivity index (χ2v) is 6.90. The molecule has 0 spiro atoms. The van der Waals surface area contributed by atoms with Crippen LogP contribution in [0.2, 0.25) is 10.2 Å². The van der Waals surface area contributed by atoms with Crippen molar-refractivity contribution < 1.29 is 4.79 Å². The summed E-state index contributed by atoms with van der Waals surface area (Å²) in [6.07, 6.45) is 12.2. The molecule has 4 nitrogen and oxygen atoms in total. The third kappa shape index (κ3) is 6.90. The summed E-state index contributed by atoms with van der Waals surface area (Å²) in [4.78, 5) is 17.0. The number of aryl methyl sites for hydroxylation is 1. The molecular weight excluding hydrogens is 417 g/mol. The normalized spacial score (nSPS) is 13.0. The van der Waals surface area contributed by atoms with Gasteiger partial charge in [0.05, 0.1) is 10.6 Å². The van der Waals surface area contributed by atoms with E-state index >= 15 is 0 Å². The molecule has 1 heterocycles. The second kappa shape index (κ2) is 12.0. The fraction of sp³-hybridized carbons (Fsp3) is 0.167. The van der Waals surface area contributed by atoms with E-state index in [0.29, 0.717) is 11.5 Å². The van der Waals surface area contributed by atoms with Gasteiger partial charge in [-0.2, -0.15) is 0 Å². The van der Waals surface area contributed by atoms with E-state index in [1.165, 1.54) is 6.08 Å². The Morgan fingerprint density at radius 2 is 1.83 bits per heavy atom. The van der Waals surface area contributed by atoms with E-state index in [-0.39, 0.29) is 21.5 Å². The van der Waals surface area contributed by atoms with Crippen molar-refractivity contribution in [1.82, 2.24) is 10.3 Å². The Balaban J connectivity index is 0.00000155. The van der Waals surface area contributed by atoms with Crippen LogP contribution in [0.25, 0.3) is 0 Å². The van der Waals surface area contributed by atoms with Gasteiger partial charge in [0.2, 0.25) is 0 Å². The molecule has 156 valence electrons. The first kappa shape index (κ1) is 23.5. The number of benzene rings is 1. The zero-order valence-electron chi connectivity index (χ0n) is 17.2. The lowest BCUT2D eigenvalue weighted by atomic mass is 10.1. The fourth-order valence-electron chi connectivity index (χ4n) is 2.62. The molecule has 0 saturated heterocycles. The predicted octanol–water partition coefficient (Wildman–Crippen LogP) is 6.85. The molecule has 3 rings (SSSR count). The van der Waals surface area contributed by atoms with Gasteiger partial charge in [0.15, 0.2) is 5.78 Å². The van der Waals surface area contributed by atoms with Gasteiger partial charge in [0.25, 0.3) is 0 Å². The van der Waals surface area contributed by atoms with E-state index in [0.717, 1.165) is 17.8 Å². The molecule has 2 N–H and O–H groups in total. The molecule has 1 aromatic carbocycles. The Kier molecular flexibility index (Phi) is 9.39. The summed E-state index contributed by atoms with van der Waals surface area (Å²) in [6.45, 7) is 5.77. The minimum Gasteiger partial charge on any atom is -0.342 e. The highest BCUT2D eigenvalue weighted by atomic mass is 35.5.